The van der Waals surface area contributed by atoms with E-state index in [1.165, 1.54) is 6.08 Å². The van der Waals surface area contributed by atoms with Crippen LogP contribution in [0.3, 0.4) is 0 Å². The first kappa shape index (κ1) is 12.2. The summed E-state index contributed by atoms with van der Waals surface area (Å²) in [5.74, 6) is -0.0551. The minimum absolute atomic E-state index is 0.0551. The third kappa shape index (κ3) is 3.12. The van der Waals surface area contributed by atoms with E-state index < -0.39 is 0 Å². The van der Waals surface area contributed by atoms with E-state index in [0.29, 0.717) is 11.1 Å². The maximum atomic E-state index is 11.5. The number of hydrogen-bond donors (Lipinski definition) is 1. The zero-order chi connectivity index (χ0) is 13.2. The average molecular weight is 273 g/mol. The SMILES string of the molecule is O=C(/C=C/c1ccc2cc(Cl)ccc2n1)NC1CC1. The molecule has 1 amide bonds. The lowest BCUT2D eigenvalue weighted by molar-refractivity contribution is -0.116. The van der Waals surface area contributed by atoms with Crippen LogP contribution in [-0.4, -0.2) is 16.9 Å². The molecule has 1 heterocycles. The maximum absolute atomic E-state index is 11.5. The number of hydrogen-bond acceptors (Lipinski definition) is 2. The van der Waals surface area contributed by atoms with Gasteiger partial charge in [0, 0.05) is 22.5 Å². The van der Waals surface area contributed by atoms with Crippen molar-refractivity contribution in [1.29, 1.82) is 0 Å². The van der Waals surface area contributed by atoms with Gasteiger partial charge >= 0.3 is 0 Å². The predicted octanol–water partition coefficient (Wildman–Crippen LogP) is 3.18. The summed E-state index contributed by atoms with van der Waals surface area (Å²) in [7, 11) is 0. The summed E-state index contributed by atoms with van der Waals surface area (Å²) < 4.78 is 0. The van der Waals surface area contributed by atoms with Gasteiger partial charge in [-0.1, -0.05) is 17.7 Å². The Morgan fingerprint density at radius 3 is 2.95 bits per heavy atom. The van der Waals surface area contributed by atoms with Crippen molar-refractivity contribution in [3.05, 3.63) is 47.1 Å². The van der Waals surface area contributed by atoms with Gasteiger partial charge in [-0.15, -0.1) is 0 Å². The largest absolute Gasteiger partial charge is 0.350 e. The number of amides is 1. The topological polar surface area (TPSA) is 42.0 Å². The average Bonchev–Trinajstić information content (AvgIpc) is 3.20. The number of aromatic nitrogens is 1. The molecule has 0 aliphatic heterocycles. The molecular weight excluding hydrogens is 260 g/mol. The fourth-order valence-corrected chi connectivity index (χ4v) is 2.02. The first-order chi connectivity index (χ1) is 9.20. The van der Waals surface area contributed by atoms with Crippen molar-refractivity contribution >= 4 is 34.5 Å². The molecule has 1 aromatic heterocycles. The van der Waals surface area contributed by atoms with E-state index in [1.807, 2.05) is 30.3 Å². The summed E-state index contributed by atoms with van der Waals surface area (Å²) in [5.41, 5.74) is 1.63. The van der Waals surface area contributed by atoms with Gasteiger partial charge in [0.05, 0.1) is 11.2 Å². The Morgan fingerprint density at radius 2 is 2.16 bits per heavy atom. The third-order valence-corrected chi connectivity index (χ3v) is 3.24. The molecule has 0 radical (unpaired) electrons. The molecule has 1 fully saturated rings. The second-order valence-electron chi connectivity index (χ2n) is 4.69. The van der Waals surface area contributed by atoms with E-state index in [0.717, 1.165) is 29.4 Å². The molecule has 19 heavy (non-hydrogen) atoms. The Kier molecular flexibility index (Phi) is 3.22. The van der Waals surface area contributed by atoms with Crippen molar-refractivity contribution in [2.75, 3.05) is 0 Å². The Bertz CT molecular complexity index is 662. The number of benzene rings is 1. The molecule has 3 rings (SSSR count). The van der Waals surface area contributed by atoms with Crippen LogP contribution in [-0.2, 0) is 4.79 Å². The highest BCUT2D eigenvalue weighted by molar-refractivity contribution is 6.31. The van der Waals surface area contributed by atoms with Crippen LogP contribution in [0, 0.1) is 0 Å². The lowest BCUT2D eigenvalue weighted by Crippen LogP contribution is -2.22. The van der Waals surface area contributed by atoms with E-state index in [9.17, 15) is 4.79 Å². The number of carbonyl (C=O) groups is 1. The molecule has 1 N–H and O–H groups in total. The fraction of sp³-hybridized carbons (Fsp3) is 0.200. The van der Waals surface area contributed by atoms with Crippen LogP contribution < -0.4 is 5.32 Å². The molecule has 2 aromatic rings. The van der Waals surface area contributed by atoms with Crippen LogP contribution in [0.4, 0.5) is 0 Å². The first-order valence-electron chi connectivity index (χ1n) is 6.25. The number of nitrogens with one attached hydrogen (secondary N) is 1. The molecule has 0 saturated heterocycles. The lowest BCUT2D eigenvalue weighted by Gasteiger charge is -2.00. The van der Waals surface area contributed by atoms with Crippen molar-refractivity contribution in [3.8, 4) is 0 Å². The number of halogens is 1. The number of pyridine rings is 1. The molecule has 4 heteroatoms. The minimum Gasteiger partial charge on any atom is -0.350 e. The van der Waals surface area contributed by atoms with Crippen molar-refractivity contribution in [3.63, 3.8) is 0 Å². The van der Waals surface area contributed by atoms with Crippen LogP contribution in [0.5, 0.6) is 0 Å². The molecular formula is C15H13ClN2O. The number of nitrogens with zero attached hydrogens (tertiary/aromatic N) is 1. The van der Waals surface area contributed by atoms with Crippen LogP contribution in [0.25, 0.3) is 17.0 Å². The van der Waals surface area contributed by atoms with E-state index in [1.54, 1.807) is 6.08 Å². The Hall–Kier alpha value is -1.87. The molecule has 1 saturated carbocycles. The molecule has 0 atom stereocenters. The van der Waals surface area contributed by atoms with E-state index in [2.05, 4.69) is 10.3 Å². The fourth-order valence-electron chi connectivity index (χ4n) is 1.84. The van der Waals surface area contributed by atoms with Gasteiger partial charge in [-0.2, -0.15) is 0 Å². The van der Waals surface area contributed by atoms with Gasteiger partial charge in [-0.25, -0.2) is 4.98 Å². The zero-order valence-electron chi connectivity index (χ0n) is 10.3. The smallest absolute Gasteiger partial charge is 0.244 e. The predicted molar refractivity (Wildman–Crippen MR) is 77.0 cm³/mol. The molecule has 1 aliphatic rings. The lowest BCUT2D eigenvalue weighted by atomic mass is 10.2. The minimum atomic E-state index is -0.0551. The Morgan fingerprint density at radius 1 is 1.32 bits per heavy atom. The molecule has 0 unspecified atom stereocenters. The van der Waals surface area contributed by atoms with Gasteiger partial charge in [-0.05, 0) is 43.2 Å². The van der Waals surface area contributed by atoms with Crippen LogP contribution in [0.15, 0.2) is 36.4 Å². The van der Waals surface area contributed by atoms with E-state index in [4.69, 9.17) is 11.6 Å². The standard InChI is InChI=1S/C15H13ClN2O/c16-11-2-7-14-10(9-11)1-3-12(17-14)6-8-15(19)18-13-4-5-13/h1-3,6-9,13H,4-5H2,(H,18,19)/b8-6+. The van der Waals surface area contributed by atoms with Gasteiger partial charge in [0.2, 0.25) is 5.91 Å². The highest BCUT2D eigenvalue weighted by Gasteiger charge is 2.21. The normalized spacial score (nSPS) is 15.0. The van der Waals surface area contributed by atoms with E-state index >= 15 is 0 Å². The first-order valence-corrected chi connectivity index (χ1v) is 6.63. The van der Waals surface area contributed by atoms with Crippen LogP contribution in [0.1, 0.15) is 18.5 Å². The second-order valence-corrected chi connectivity index (χ2v) is 5.13. The van der Waals surface area contributed by atoms with Gasteiger partial charge in [0.25, 0.3) is 0 Å². The Balaban J connectivity index is 1.78. The third-order valence-electron chi connectivity index (χ3n) is 3.00. The summed E-state index contributed by atoms with van der Waals surface area (Å²) in [6, 6.07) is 9.76. The number of fused-ring (bicyclic) bond motifs is 1. The molecule has 96 valence electrons. The highest BCUT2D eigenvalue weighted by atomic mass is 35.5. The summed E-state index contributed by atoms with van der Waals surface area (Å²) in [5, 5.41) is 4.59. The summed E-state index contributed by atoms with van der Waals surface area (Å²) in [4.78, 5) is 16.0. The van der Waals surface area contributed by atoms with Crippen molar-refractivity contribution < 1.29 is 4.79 Å². The summed E-state index contributed by atoms with van der Waals surface area (Å²) in [6.45, 7) is 0. The highest BCUT2D eigenvalue weighted by Crippen LogP contribution is 2.19. The second kappa shape index (κ2) is 5.02. The molecule has 3 nitrogen and oxygen atoms in total. The molecule has 0 spiro atoms. The number of carbonyl (C=O) groups excluding carboxylic acids is 1. The molecule has 1 aliphatic carbocycles. The van der Waals surface area contributed by atoms with Crippen LogP contribution >= 0.6 is 11.6 Å². The number of rotatable bonds is 3. The quantitative estimate of drug-likeness (QED) is 0.872. The summed E-state index contributed by atoms with van der Waals surface area (Å²) in [6.07, 6.45) is 5.44. The Labute approximate surface area is 116 Å². The van der Waals surface area contributed by atoms with Crippen LogP contribution in [0.2, 0.25) is 5.02 Å². The van der Waals surface area contributed by atoms with Crippen molar-refractivity contribution in [2.24, 2.45) is 0 Å². The molecule has 0 bridgehead atoms. The van der Waals surface area contributed by atoms with Gasteiger partial charge in [0.1, 0.15) is 0 Å². The zero-order valence-corrected chi connectivity index (χ0v) is 11.0. The van der Waals surface area contributed by atoms with Crippen molar-refractivity contribution in [1.82, 2.24) is 10.3 Å². The maximum Gasteiger partial charge on any atom is 0.244 e. The van der Waals surface area contributed by atoms with E-state index in [-0.39, 0.29) is 5.91 Å². The van der Waals surface area contributed by atoms with Gasteiger partial charge < -0.3 is 5.32 Å². The summed E-state index contributed by atoms with van der Waals surface area (Å²) >= 11 is 5.92. The van der Waals surface area contributed by atoms with Gasteiger partial charge in [0.15, 0.2) is 0 Å². The van der Waals surface area contributed by atoms with Gasteiger partial charge in [-0.3, -0.25) is 4.79 Å². The monoisotopic (exact) mass is 272 g/mol. The molecule has 1 aromatic carbocycles. The van der Waals surface area contributed by atoms with Crippen molar-refractivity contribution in [2.45, 2.75) is 18.9 Å².